The van der Waals surface area contributed by atoms with Crippen LogP contribution in [0.15, 0.2) is 151 Å². The quantitative estimate of drug-likeness (QED) is 0.159. The molecule has 2 aliphatic rings. The second-order valence-electron chi connectivity index (χ2n) is 12.1. The minimum atomic E-state index is -2.40. The van der Waals surface area contributed by atoms with Crippen molar-refractivity contribution < 1.29 is 14.3 Å². The second kappa shape index (κ2) is 13.2. The summed E-state index contributed by atoms with van der Waals surface area (Å²) < 4.78 is 6.89. The van der Waals surface area contributed by atoms with Gasteiger partial charge in [0.2, 0.25) is 12.1 Å². The highest BCUT2D eigenvalue weighted by Gasteiger charge is 2.48. The van der Waals surface area contributed by atoms with Crippen LogP contribution in [0.4, 0.5) is 0 Å². The van der Waals surface area contributed by atoms with E-state index in [1.807, 2.05) is 42.5 Å². The van der Waals surface area contributed by atoms with Crippen molar-refractivity contribution in [3.63, 3.8) is 0 Å². The van der Waals surface area contributed by atoms with Gasteiger partial charge >= 0.3 is 0 Å². The molecule has 0 unspecified atom stereocenters. The molecule has 2 aliphatic carbocycles. The standard InChI is InChI=1S/C41H35ClO3P/c42-32-26-24-30(25-27-32)29-20-22-31(23-21-29)38-39(43)36-18-10-11-19-37(36)40(44)41(38)45-28-46(33-12-4-1-5-13-33,34-14-6-2-7-15-34)35-16-8-3-9-17-35/h1-19,24-27,29,31H,20-23,28H2/q+1. The normalized spacial score (nSPS) is 18.3. The molecule has 0 amide bonds. The van der Waals surface area contributed by atoms with Gasteiger partial charge in [-0.1, -0.05) is 103 Å². The maximum atomic E-state index is 14.3. The Morgan fingerprint density at radius 2 is 0.978 bits per heavy atom. The Hall–Kier alpha value is -4.30. The number of allylic oxidation sites excluding steroid dienone is 2. The fourth-order valence-corrected chi connectivity index (χ4v) is 11.0. The molecule has 5 aromatic carbocycles. The minimum absolute atomic E-state index is 0.0544. The predicted molar refractivity (Wildman–Crippen MR) is 189 cm³/mol. The number of benzene rings is 5. The monoisotopic (exact) mass is 641 g/mol. The highest BCUT2D eigenvalue weighted by molar-refractivity contribution is 7.95. The first kappa shape index (κ1) is 30.4. The lowest BCUT2D eigenvalue weighted by Gasteiger charge is -2.33. The maximum Gasteiger partial charge on any atom is 0.228 e. The summed E-state index contributed by atoms with van der Waals surface area (Å²) in [4.78, 5) is 28.6. The van der Waals surface area contributed by atoms with Gasteiger partial charge in [-0.25, -0.2) is 0 Å². The molecule has 0 aromatic heterocycles. The number of hydrogen-bond acceptors (Lipinski definition) is 3. The molecular formula is C41H35ClO3P+. The van der Waals surface area contributed by atoms with E-state index >= 15 is 0 Å². The molecule has 0 N–H and O–H groups in total. The van der Waals surface area contributed by atoms with Gasteiger partial charge in [0.25, 0.3) is 0 Å². The highest BCUT2D eigenvalue weighted by atomic mass is 35.5. The Bertz CT molecular complexity index is 1780. The molecule has 5 heteroatoms. The van der Waals surface area contributed by atoms with Crippen molar-refractivity contribution in [2.75, 3.05) is 6.35 Å². The van der Waals surface area contributed by atoms with Crippen LogP contribution in [0.1, 0.15) is 57.9 Å². The Labute approximate surface area is 276 Å². The third-order valence-corrected chi connectivity index (χ3v) is 13.9. The van der Waals surface area contributed by atoms with Gasteiger partial charge in [-0.3, -0.25) is 9.59 Å². The van der Waals surface area contributed by atoms with Crippen LogP contribution in [-0.2, 0) is 4.74 Å². The van der Waals surface area contributed by atoms with E-state index in [-0.39, 0.29) is 29.6 Å². The van der Waals surface area contributed by atoms with Gasteiger partial charge in [-0.2, -0.15) is 0 Å². The Kier molecular flexibility index (Phi) is 8.71. The molecule has 46 heavy (non-hydrogen) atoms. The molecule has 0 bridgehead atoms. The molecular weight excluding hydrogens is 607 g/mol. The van der Waals surface area contributed by atoms with Gasteiger partial charge in [-0.05, 0) is 91.6 Å². The van der Waals surface area contributed by atoms with Crippen molar-refractivity contribution in [1.29, 1.82) is 0 Å². The van der Waals surface area contributed by atoms with Gasteiger partial charge in [-0.15, -0.1) is 0 Å². The van der Waals surface area contributed by atoms with Crippen molar-refractivity contribution in [3.8, 4) is 0 Å². The molecule has 0 spiro atoms. The van der Waals surface area contributed by atoms with Gasteiger partial charge in [0, 0.05) is 21.7 Å². The summed E-state index contributed by atoms with van der Waals surface area (Å²) in [5, 5.41) is 4.21. The number of fused-ring (bicyclic) bond motifs is 1. The number of rotatable bonds is 8. The Balaban J connectivity index is 1.31. The zero-order valence-electron chi connectivity index (χ0n) is 25.5. The molecule has 7 rings (SSSR count). The molecule has 0 aliphatic heterocycles. The van der Waals surface area contributed by atoms with E-state index < -0.39 is 7.26 Å². The van der Waals surface area contributed by atoms with Crippen LogP contribution in [0.25, 0.3) is 0 Å². The summed E-state index contributed by atoms with van der Waals surface area (Å²) in [7, 11) is -2.40. The van der Waals surface area contributed by atoms with Crippen LogP contribution in [-0.4, -0.2) is 17.9 Å². The molecule has 0 saturated heterocycles. The molecule has 0 radical (unpaired) electrons. The number of hydrogen-bond donors (Lipinski definition) is 0. The number of halogens is 1. The first-order valence-corrected chi connectivity index (χ1v) is 18.3. The molecule has 228 valence electrons. The summed E-state index contributed by atoms with van der Waals surface area (Å²) in [5.74, 6) is 0.292. The Morgan fingerprint density at radius 3 is 1.48 bits per heavy atom. The number of carbonyl (C=O) groups is 2. The highest BCUT2D eigenvalue weighted by Crippen LogP contribution is 2.56. The van der Waals surface area contributed by atoms with Crippen molar-refractivity contribution >= 4 is 46.3 Å². The van der Waals surface area contributed by atoms with E-state index in [0.717, 1.165) is 46.6 Å². The number of ether oxygens (including phenoxy) is 1. The van der Waals surface area contributed by atoms with Crippen molar-refractivity contribution in [1.82, 2.24) is 0 Å². The van der Waals surface area contributed by atoms with E-state index in [4.69, 9.17) is 16.3 Å². The van der Waals surface area contributed by atoms with Crippen LogP contribution >= 0.6 is 18.9 Å². The van der Waals surface area contributed by atoms with E-state index in [1.54, 1.807) is 12.1 Å². The predicted octanol–water partition coefficient (Wildman–Crippen LogP) is 8.92. The van der Waals surface area contributed by atoms with Crippen LogP contribution in [0.2, 0.25) is 5.02 Å². The average molecular weight is 642 g/mol. The van der Waals surface area contributed by atoms with Gasteiger partial charge in [0.1, 0.15) is 15.9 Å². The molecule has 0 atom stereocenters. The summed E-state index contributed by atoms with van der Waals surface area (Å²) in [6, 6.07) is 46.7. The van der Waals surface area contributed by atoms with Gasteiger partial charge < -0.3 is 4.74 Å². The van der Waals surface area contributed by atoms with Gasteiger partial charge in [0.05, 0.1) is 0 Å². The summed E-state index contributed by atoms with van der Waals surface area (Å²) >= 11 is 6.15. The van der Waals surface area contributed by atoms with Crippen LogP contribution < -0.4 is 15.9 Å². The lowest BCUT2D eigenvalue weighted by molar-refractivity contribution is 0.0882. The summed E-state index contributed by atoms with van der Waals surface area (Å²) in [6.07, 6.45) is 3.76. The molecule has 1 fully saturated rings. The minimum Gasteiger partial charge on any atom is -0.454 e. The zero-order valence-corrected chi connectivity index (χ0v) is 27.2. The van der Waals surface area contributed by atoms with E-state index in [9.17, 15) is 9.59 Å². The van der Waals surface area contributed by atoms with Crippen molar-refractivity contribution in [2.24, 2.45) is 5.92 Å². The van der Waals surface area contributed by atoms with E-state index in [2.05, 4.69) is 84.9 Å². The van der Waals surface area contributed by atoms with Gasteiger partial charge in [0.15, 0.2) is 18.8 Å². The average Bonchev–Trinajstić information content (AvgIpc) is 3.12. The third kappa shape index (κ3) is 5.64. The Morgan fingerprint density at radius 1 is 0.543 bits per heavy atom. The molecule has 0 heterocycles. The van der Waals surface area contributed by atoms with E-state index in [1.165, 1.54) is 5.56 Å². The maximum absolute atomic E-state index is 14.3. The summed E-state index contributed by atoms with van der Waals surface area (Å²) in [6.45, 7) is 0. The summed E-state index contributed by atoms with van der Waals surface area (Å²) in [5.41, 5.74) is 2.72. The second-order valence-corrected chi connectivity index (χ2v) is 16.0. The van der Waals surface area contributed by atoms with Crippen LogP contribution in [0, 0.1) is 5.92 Å². The molecule has 5 aromatic rings. The van der Waals surface area contributed by atoms with Crippen LogP contribution in [0.5, 0.6) is 0 Å². The van der Waals surface area contributed by atoms with Crippen molar-refractivity contribution in [3.05, 3.63) is 173 Å². The van der Waals surface area contributed by atoms with Crippen molar-refractivity contribution in [2.45, 2.75) is 31.6 Å². The third-order valence-electron chi connectivity index (χ3n) is 9.58. The lowest BCUT2D eigenvalue weighted by atomic mass is 9.72. The van der Waals surface area contributed by atoms with Crippen LogP contribution in [0.3, 0.4) is 0 Å². The first-order chi connectivity index (χ1) is 22.6. The number of carbonyl (C=O) groups excluding carboxylic acids is 2. The van der Waals surface area contributed by atoms with E-state index in [0.29, 0.717) is 22.6 Å². The smallest absolute Gasteiger partial charge is 0.228 e. The zero-order chi connectivity index (χ0) is 31.5. The molecule has 3 nitrogen and oxygen atoms in total. The molecule has 1 saturated carbocycles. The first-order valence-electron chi connectivity index (χ1n) is 15.9. The lowest BCUT2D eigenvalue weighted by Crippen LogP contribution is -2.35. The topological polar surface area (TPSA) is 43.4 Å². The number of Topliss-reactive ketones (excluding diaryl/α,β-unsaturated/α-hetero) is 2. The fourth-order valence-electron chi connectivity index (χ4n) is 7.22. The largest absolute Gasteiger partial charge is 0.454 e. The number of ketones is 2. The SMILES string of the molecule is O=C1C(OC[P+](c2ccccc2)(c2ccccc2)c2ccccc2)=C(C2CCC(c3ccc(Cl)cc3)CC2)C(=O)c2ccccc21. The fraction of sp³-hybridized carbons (Fsp3) is 0.171.